The second-order valence-electron chi connectivity index (χ2n) is 6.63. The van der Waals surface area contributed by atoms with Gasteiger partial charge in [0.05, 0.1) is 5.92 Å². The van der Waals surface area contributed by atoms with E-state index in [2.05, 4.69) is 31.2 Å². The van der Waals surface area contributed by atoms with Crippen molar-refractivity contribution in [1.29, 1.82) is 0 Å². The molecule has 1 unspecified atom stereocenters. The molecule has 0 bridgehead atoms. The van der Waals surface area contributed by atoms with Crippen molar-refractivity contribution in [2.45, 2.75) is 44.9 Å². The van der Waals surface area contributed by atoms with Gasteiger partial charge < -0.3 is 0 Å². The van der Waals surface area contributed by atoms with Crippen molar-refractivity contribution < 1.29 is 4.79 Å². The van der Waals surface area contributed by atoms with E-state index in [9.17, 15) is 4.79 Å². The van der Waals surface area contributed by atoms with Gasteiger partial charge in [0.1, 0.15) is 0 Å². The Morgan fingerprint density at radius 1 is 1.16 bits per heavy atom. The molecule has 98 valence electrons. The Kier molecular flexibility index (Phi) is 2.30. The fourth-order valence-electron chi connectivity index (χ4n) is 4.71. The molecule has 0 spiro atoms. The standard InChI is InChI=1S/C18H20O/c1-18-11-10-15(18)16(12-6-3-2-4-7-12)17(19)13-8-5-9-14(13)18/h2-4,6-7,15-16H,5,8-11H2,1H3/t15-,16?,18+/m0/s1. The summed E-state index contributed by atoms with van der Waals surface area (Å²) in [6, 6.07) is 10.5. The zero-order chi connectivity index (χ0) is 13.0. The lowest BCUT2D eigenvalue weighted by Crippen LogP contribution is -2.48. The number of rotatable bonds is 1. The van der Waals surface area contributed by atoms with Gasteiger partial charge in [0.15, 0.2) is 5.78 Å². The Hall–Kier alpha value is -1.37. The molecule has 0 aromatic heterocycles. The maximum absolute atomic E-state index is 12.9. The van der Waals surface area contributed by atoms with Crippen molar-refractivity contribution in [3.63, 3.8) is 0 Å². The molecule has 0 aliphatic heterocycles. The van der Waals surface area contributed by atoms with Crippen molar-refractivity contribution >= 4 is 5.78 Å². The summed E-state index contributed by atoms with van der Waals surface area (Å²) < 4.78 is 0. The first-order valence-corrected chi connectivity index (χ1v) is 7.53. The van der Waals surface area contributed by atoms with Gasteiger partial charge in [-0.2, -0.15) is 0 Å². The second-order valence-corrected chi connectivity index (χ2v) is 6.63. The summed E-state index contributed by atoms with van der Waals surface area (Å²) in [5.74, 6) is 1.14. The van der Waals surface area contributed by atoms with Crippen LogP contribution in [0.2, 0.25) is 0 Å². The third-order valence-corrected chi connectivity index (χ3v) is 5.84. The van der Waals surface area contributed by atoms with Crippen LogP contribution in [0.25, 0.3) is 0 Å². The van der Waals surface area contributed by atoms with E-state index in [1.165, 1.54) is 42.4 Å². The SMILES string of the molecule is C[C@]12CC[C@H]1C(c1ccccc1)C(=O)C1=C2CCC1. The molecular formula is C18H20O. The number of allylic oxidation sites excluding steroid dienone is 2. The molecule has 0 radical (unpaired) electrons. The highest BCUT2D eigenvalue weighted by atomic mass is 16.1. The number of hydrogen-bond acceptors (Lipinski definition) is 1. The van der Waals surface area contributed by atoms with Crippen molar-refractivity contribution in [1.82, 2.24) is 0 Å². The molecular weight excluding hydrogens is 232 g/mol. The Morgan fingerprint density at radius 3 is 2.63 bits per heavy atom. The van der Waals surface area contributed by atoms with Crippen molar-refractivity contribution in [2.24, 2.45) is 11.3 Å². The molecule has 1 saturated carbocycles. The first-order valence-electron chi connectivity index (χ1n) is 7.53. The van der Waals surface area contributed by atoms with E-state index in [1.807, 2.05) is 6.07 Å². The van der Waals surface area contributed by atoms with Crippen molar-refractivity contribution in [3.05, 3.63) is 47.0 Å². The van der Waals surface area contributed by atoms with Gasteiger partial charge in [-0.15, -0.1) is 0 Å². The lowest BCUT2D eigenvalue weighted by Gasteiger charge is -2.55. The predicted octanol–water partition coefficient (Wildman–Crippen LogP) is 4.25. The molecule has 1 nitrogen and oxygen atoms in total. The highest BCUT2D eigenvalue weighted by Crippen LogP contribution is 2.64. The summed E-state index contributed by atoms with van der Waals surface area (Å²) in [5.41, 5.74) is 4.30. The molecule has 0 heterocycles. The minimum atomic E-state index is 0.136. The van der Waals surface area contributed by atoms with Gasteiger partial charge in [-0.3, -0.25) is 4.79 Å². The Bertz CT molecular complexity index is 569. The van der Waals surface area contributed by atoms with Crippen LogP contribution in [-0.2, 0) is 4.79 Å². The lowest BCUT2D eigenvalue weighted by atomic mass is 9.48. The molecule has 0 N–H and O–H groups in total. The van der Waals surface area contributed by atoms with Gasteiger partial charge in [-0.1, -0.05) is 42.8 Å². The second kappa shape index (κ2) is 3.82. The first kappa shape index (κ1) is 11.5. The van der Waals surface area contributed by atoms with E-state index in [-0.39, 0.29) is 5.92 Å². The number of carbonyl (C=O) groups excluding carboxylic acids is 1. The molecule has 1 heteroatoms. The van der Waals surface area contributed by atoms with E-state index in [0.717, 1.165) is 6.42 Å². The number of benzene rings is 1. The van der Waals surface area contributed by atoms with Crippen LogP contribution >= 0.6 is 0 Å². The molecule has 3 aliphatic rings. The molecule has 0 saturated heterocycles. The van der Waals surface area contributed by atoms with E-state index in [0.29, 0.717) is 17.1 Å². The average molecular weight is 252 g/mol. The van der Waals surface area contributed by atoms with Gasteiger partial charge in [-0.25, -0.2) is 0 Å². The third kappa shape index (κ3) is 1.39. The number of ketones is 1. The monoisotopic (exact) mass is 252 g/mol. The van der Waals surface area contributed by atoms with E-state index in [4.69, 9.17) is 0 Å². The van der Waals surface area contributed by atoms with Crippen LogP contribution in [0.15, 0.2) is 41.5 Å². The Labute approximate surface area is 114 Å². The largest absolute Gasteiger partial charge is 0.294 e. The van der Waals surface area contributed by atoms with Crippen LogP contribution in [0, 0.1) is 11.3 Å². The summed E-state index contributed by atoms with van der Waals surface area (Å²) in [6.45, 7) is 2.41. The van der Waals surface area contributed by atoms with Crippen LogP contribution in [0.3, 0.4) is 0 Å². The molecule has 1 aromatic rings. The number of hydrogen-bond donors (Lipinski definition) is 0. The van der Waals surface area contributed by atoms with Gasteiger partial charge in [0.25, 0.3) is 0 Å². The van der Waals surface area contributed by atoms with Gasteiger partial charge >= 0.3 is 0 Å². The quantitative estimate of drug-likeness (QED) is 0.730. The topological polar surface area (TPSA) is 17.1 Å². The highest BCUT2D eigenvalue weighted by Gasteiger charge is 2.56. The minimum Gasteiger partial charge on any atom is -0.294 e. The fraction of sp³-hybridized carbons (Fsp3) is 0.500. The van der Waals surface area contributed by atoms with Crippen molar-refractivity contribution in [2.75, 3.05) is 0 Å². The lowest BCUT2D eigenvalue weighted by molar-refractivity contribution is -0.123. The Morgan fingerprint density at radius 2 is 1.95 bits per heavy atom. The van der Waals surface area contributed by atoms with Crippen LogP contribution in [0.5, 0.6) is 0 Å². The van der Waals surface area contributed by atoms with Crippen LogP contribution < -0.4 is 0 Å². The van der Waals surface area contributed by atoms with Crippen LogP contribution in [0.4, 0.5) is 0 Å². The maximum atomic E-state index is 12.9. The van der Waals surface area contributed by atoms with E-state index >= 15 is 0 Å². The summed E-state index contributed by atoms with van der Waals surface area (Å²) in [5, 5.41) is 0. The summed E-state index contributed by atoms with van der Waals surface area (Å²) in [6.07, 6.45) is 5.90. The molecule has 4 rings (SSSR count). The minimum absolute atomic E-state index is 0.136. The zero-order valence-corrected chi connectivity index (χ0v) is 11.5. The zero-order valence-electron chi connectivity index (χ0n) is 11.5. The number of fused-ring (bicyclic) bond motifs is 2. The van der Waals surface area contributed by atoms with Gasteiger partial charge in [-0.05, 0) is 54.6 Å². The van der Waals surface area contributed by atoms with Crippen molar-refractivity contribution in [3.8, 4) is 0 Å². The average Bonchev–Trinajstić information content (AvgIpc) is 2.91. The normalized spacial score (nSPS) is 36.8. The van der Waals surface area contributed by atoms with Crippen LogP contribution in [-0.4, -0.2) is 5.78 Å². The maximum Gasteiger partial charge on any atom is 0.166 e. The van der Waals surface area contributed by atoms with E-state index in [1.54, 1.807) is 0 Å². The molecule has 1 aromatic carbocycles. The van der Waals surface area contributed by atoms with Gasteiger partial charge in [0, 0.05) is 0 Å². The molecule has 0 amide bonds. The van der Waals surface area contributed by atoms with Crippen LogP contribution in [0.1, 0.15) is 50.5 Å². The van der Waals surface area contributed by atoms with E-state index < -0.39 is 0 Å². The fourth-order valence-corrected chi connectivity index (χ4v) is 4.71. The summed E-state index contributed by atoms with van der Waals surface area (Å²) in [4.78, 5) is 12.9. The highest BCUT2D eigenvalue weighted by molar-refractivity contribution is 6.03. The summed E-state index contributed by atoms with van der Waals surface area (Å²) in [7, 11) is 0. The number of Topliss-reactive ketones (excluding diaryl/α,β-unsaturated/α-hetero) is 1. The Balaban J connectivity index is 1.84. The first-order chi connectivity index (χ1) is 9.22. The smallest absolute Gasteiger partial charge is 0.166 e. The summed E-state index contributed by atoms with van der Waals surface area (Å²) >= 11 is 0. The third-order valence-electron chi connectivity index (χ3n) is 5.84. The van der Waals surface area contributed by atoms with Gasteiger partial charge in [0.2, 0.25) is 0 Å². The predicted molar refractivity (Wildman–Crippen MR) is 75.9 cm³/mol. The molecule has 3 aliphatic carbocycles. The molecule has 1 fully saturated rings. The molecule has 3 atom stereocenters. The number of carbonyl (C=O) groups is 1. The molecule has 19 heavy (non-hydrogen) atoms.